The molecule has 0 aliphatic carbocycles. The molecule has 1 unspecified atom stereocenters. The Labute approximate surface area is 114 Å². The fourth-order valence-electron chi connectivity index (χ4n) is 1.53. The van der Waals surface area contributed by atoms with Crippen LogP contribution in [0.15, 0.2) is 24.3 Å². The van der Waals surface area contributed by atoms with Gasteiger partial charge >= 0.3 is 0 Å². The van der Waals surface area contributed by atoms with Crippen molar-refractivity contribution in [3.8, 4) is 0 Å². The van der Waals surface area contributed by atoms with Crippen LogP contribution in [0.5, 0.6) is 0 Å². The SMILES string of the molecule is CCC(Br)C(=O)N(C)Cc1cccc([N+](=O)[O-])c1. The van der Waals surface area contributed by atoms with Gasteiger partial charge in [0.2, 0.25) is 5.91 Å². The summed E-state index contributed by atoms with van der Waals surface area (Å²) in [5.41, 5.74) is 0.787. The highest BCUT2D eigenvalue weighted by Crippen LogP contribution is 2.16. The highest BCUT2D eigenvalue weighted by molar-refractivity contribution is 9.10. The number of carbonyl (C=O) groups excluding carboxylic acids is 1. The van der Waals surface area contributed by atoms with Crippen molar-refractivity contribution in [2.75, 3.05) is 7.05 Å². The minimum atomic E-state index is -0.440. The van der Waals surface area contributed by atoms with Crippen molar-refractivity contribution >= 4 is 27.5 Å². The second-order valence-corrected chi connectivity index (χ2v) is 5.10. The molecular formula is C12H15BrN2O3. The molecule has 5 nitrogen and oxygen atoms in total. The molecule has 1 aromatic carbocycles. The number of amides is 1. The van der Waals surface area contributed by atoms with Crippen molar-refractivity contribution in [3.05, 3.63) is 39.9 Å². The lowest BCUT2D eigenvalue weighted by molar-refractivity contribution is -0.384. The third kappa shape index (κ3) is 3.80. The highest BCUT2D eigenvalue weighted by atomic mass is 79.9. The number of carbonyl (C=O) groups is 1. The van der Waals surface area contributed by atoms with Gasteiger partial charge in [0.15, 0.2) is 0 Å². The number of alkyl halides is 1. The van der Waals surface area contributed by atoms with E-state index in [-0.39, 0.29) is 16.4 Å². The number of halogens is 1. The molecule has 0 spiro atoms. The van der Waals surface area contributed by atoms with Crippen molar-refractivity contribution in [2.45, 2.75) is 24.7 Å². The molecule has 1 atom stereocenters. The third-order valence-corrected chi connectivity index (χ3v) is 3.58. The summed E-state index contributed by atoms with van der Waals surface area (Å²) in [6.45, 7) is 2.28. The van der Waals surface area contributed by atoms with Crippen molar-refractivity contribution in [1.82, 2.24) is 4.90 Å². The van der Waals surface area contributed by atoms with Crippen molar-refractivity contribution < 1.29 is 9.72 Å². The summed E-state index contributed by atoms with van der Waals surface area (Å²) in [6.07, 6.45) is 0.706. The van der Waals surface area contributed by atoms with Gasteiger partial charge in [0.25, 0.3) is 5.69 Å². The lowest BCUT2D eigenvalue weighted by Crippen LogP contribution is -2.32. The summed E-state index contributed by atoms with van der Waals surface area (Å²) < 4.78 is 0. The quantitative estimate of drug-likeness (QED) is 0.477. The molecule has 0 saturated heterocycles. The number of nitrogens with zero attached hydrogens (tertiary/aromatic N) is 2. The van der Waals surface area contributed by atoms with E-state index in [1.54, 1.807) is 24.1 Å². The Morgan fingerprint density at radius 1 is 1.56 bits per heavy atom. The van der Waals surface area contributed by atoms with Gasteiger partial charge in [0.05, 0.1) is 9.75 Å². The van der Waals surface area contributed by atoms with Crippen molar-refractivity contribution in [2.24, 2.45) is 0 Å². The Hall–Kier alpha value is -1.43. The van der Waals surface area contributed by atoms with Gasteiger partial charge < -0.3 is 4.90 Å². The topological polar surface area (TPSA) is 63.5 Å². The predicted molar refractivity (Wildman–Crippen MR) is 72.6 cm³/mol. The Morgan fingerprint density at radius 3 is 2.78 bits per heavy atom. The fourth-order valence-corrected chi connectivity index (χ4v) is 1.88. The summed E-state index contributed by atoms with van der Waals surface area (Å²) >= 11 is 3.29. The largest absolute Gasteiger partial charge is 0.340 e. The van der Waals surface area contributed by atoms with Crippen LogP contribution >= 0.6 is 15.9 Å². The van der Waals surface area contributed by atoms with E-state index >= 15 is 0 Å². The van der Waals surface area contributed by atoms with Gasteiger partial charge in [-0.1, -0.05) is 35.0 Å². The van der Waals surface area contributed by atoms with Gasteiger partial charge in [-0.2, -0.15) is 0 Å². The van der Waals surface area contributed by atoms with Gasteiger partial charge in [-0.25, -0.2) is 0 Å². The third-order valence-electron chi connectivity index (χ3n) is 2.54. The molecule has 0 aromatic heterocycles. The molecule has 0 heterocycles. The maximum Gasteiger partial charge on any atom is 0.269 e. The minimum Gasteiger partial charge on any atom is -0.340 e. The zero-order valence-corrected chi connectivity index (χ0v) is 11.9. The molecule has 0 radical (unpaired) electrons. The molecule has 0 bridgehead atoms. The molecule has 1 amide bonds. The molecule has 6 heteroatoms. The average Bonchev–Trinajstić information content (AvgIpc) is 2.37. The maximum absolute atomic E-state index is 11.8. The summed E-state index contributed by atoms with van der Waals surface area (Å²) in [6, 6.07) is 6.31. The Morgan fingerprint density at radius 2 is 2.22 bits per heavy atom. The summed E-state index contributed by atoms with van der Waals surface area (Å²) in [4.78, 5) is 23.4. The number of hydrogen-bond acceptors (Lipinski definition) is 3. The Kier molecular flexibility index (Phi) is 5.27. The lowest BCUT2D eigenvalue weighted by atomic mass is 10.2. The van der Waals surface area contributed by atoms with E-state index in [1.165, 1.54) is 12.1 Å². The number of rotatable bonds is 5. The zero-order valence-electron chi connectivity index (χ0n) is 10.3. The van der Waals surface area contributed by atoms with Gasteiger partial charge in [0, 0.05) is 25.7 Å². The molecule has 98 valence electrons. The van der Waals surface area contributed by atoms with Gasteiger partial charge in [0.1, 0.15) is 0 Å². The number of hydrogen-bond donors (Lipinski definition) is 0. The number of nitro benzene ring substituents is 1. The van der Waals surface area contributed by atoms with E-state index in [4.69, 9.17) is 0 Å². The molecule has 0 N–H and O–H groups in total. The van der Waals surface area contributed by atoms with E-state index in [0.717, 1.165) is 5.56 Å². The molecule has 18 heavy (non-hydrogen) atoms. The van der Waals surface area contributed by atoms with Crippen LogP contribution in [0.3, 0.4) is 0 Å². The molecular weight excluding hydrogens is 300 g/mol. The second kappa shape index (κ2) is 6.49. The van der Waals surface area contributed by atoms with Crippen LogP contribution in [0, 0.1) is 10.1 Å². The first-order chi connectivity index (χ1) is 8.45. The smallest absolute Gasteiger partial charge is 0.269 e. The molecule has 1 aromatic rings. The first kappa shape index (κ1) is 14.6. The average molecular weight is 315 g/mol. The number of nitro groups is 1. The normalized spacial score (nSPS) is 11.9. The fraction of sp³-hybridized carbons (Fsp3) is 0.417. The molecule has 0 aliphatic rings. The van der Waals surface area contributed by atoms with Gasteiger partial charge in [-0.05, 0) is 12.0 Å². The zero-order chi connectivity index (χ0) is 13.7. The summed E-state index contributed by atoms with van der Waals surface area (Å²) in [5, 5.41) is 10.6. The van der Waals surface area contributed by atoms with E-state index in [1.807, 2.05) is 6.92 Å². The van der Waals surface area contributed by atoms with Crippen LogP contribution in [0.2, 0.25) is 0 Å². The molecule has 0 fully saturated rings. The molecule has 1 rings (SSSR count). The van der Waals surface area contributed by atoms with Crippen LogP contribution in [0.1, 0.15) is 18.9 Å². The van der Waals surface area contributed by atoms with Crippen LogP contribution in [0.25, 0.3) is 0 Å². The van der Waals surface area contributed by atoms with Crippen LogP contribution in [-0.4, -0.2) is 27.6 Å². The van der Waals surface area contributed by atoms with E-state index in [0.29, 0.717) is 13.0 Å². The van der Waals surface area contributed by atoms with Crippen molar-refractivity contribution in [1.29, 1.82) is 0 Å². The van der Waals surface area contributed by atoms with E-state index in [9.17, 15) is 14.9 Å². The first-order valence-electron chi connectivity index (χ1n) is 5.58. The van der Waals surface area contributed by atoms with Crippen LogP contribution in [-0.2, 0) is 11.3 Å². The second-order valence-electron chi connectivity index (χ2n) is 4.00. The van der Waals surface area contributed by atoms with E-state index in [2.05, 4.69) is 15.9 Å². The summed E-state index contributed by atoms with van der Waals surface area (Å²) in [5.74, 6) is -0.0241. The van der Waals surface area contributed by atoms with Crippen LogP contribution < -0.4 is 0 Å². The highest BCUT2D eigenvalue weighted by Gasteiger charge is 2.17. The van der Waals surface area contributed by atoms with Gasteiger partial charge in [-0.15, -0.1) is 0 Å². The molecule has 0 aliphatic heterocycles. The number of non-ortho nitro benzene ring substituents is 1. The minimum absolute atomic E-state index is 0.0241. The molecule has 0 saturated carbocycles. The Balaban J connectivity index is 2.75. The standard InChI is InChI=1S/C12H15BrN2O3/c1-3-11(13)12(16)14(2)8-9-5-4-6-10(7-9)15(17)18/h4-7,11H,3,8H2,1-2H3. The Bertz CT molecular complexity index is 451. The first-order valence-corrected chi connectivity index (χ1v) is 6.49. The number of benzene rings is 1. The summed E-state index contributed by atoms with van der Waals surface area (Å²) in [7, 11) is 1.69. The predicted octanol–water partition coefficient (Wildman–Crippen LogP) is 2.73. The van der Waals surface area contributed by atoms with E-state index < -0.39 is 4.92 Å². The van der Waals surface area contributed by atoms with Gasteiger partial charge in [-0.3, -0.25) is 14.9 Å². The lowest BCUT2D eigenvalue weighted by Gasteiger charge is -2.19. The monoisotopic (exact) mass is 314 g/mol. The maximum atomic E-state index is 11.8. The van der Waals surface area contributed by atoms with Crippen molar-refractivity contribution in [3.63, 3.8) is 0 Å². The van der Waals surface area contributed by atoms with Crippen LogP contribution in [0.4, 0.5) is 5.69 Å².